The Hall–Kier alpha value is -1.14. The molecule has 17 heavy (non-hydrogen) atoms. The van der Waals surface area contributed by atoms with Crippen LogP contribution in [-0.4, -0.2) is 50.0 Å². The molecule has 0 aromatic rings. The Morgan fingerprint density at radius 2 is 2.06 bits per heavy atom. The second-order valence-corrected chi connectivity index (χ2v) is 3.62. The van der Waals surface area contributed by atoms with Gasteiger partial charge in [0.15, 0.2) is 0 Å². The van der Waals surface area contributed by atoms with Crippen molar-refractivity contribution in [3.8, 4) is 0 Å². The molecular weight excluding hydrogens is 226 g/mol. The third kappa shape index (κ3) is 9.77. The van der Waals surface area contributed by atoms with Gasteiger partial charge in [0.25, 0.3) is 0 Å². The number of aliphatic carboxylic acids is 1. The van der Waals surface area contributed by atoms with Gasteiger partial charge in [-0.3, -0.25) is 9.59 Å². The van der Waals surface area contributed by atoms with E-state index in [0.29, 0.717) is 13.2 Å². The van der Waals surface area contributed by atoms with Crippen molar-refractivity contribution < 1.29 is 24.2 Å². The molecule has 0 saturated heterocycles. The number of methoxy groups -OCH3 is 1. The largest absolute Gasteiger partial charge is 0.481 e. The summed E-state index contributed by atoms with van der Waals surface area (Å²) in [6.07, 6.45) is 0.589. The van der Waals surface area contributed by atoms with Gasteiger partial charge in [0.1, 0.15) is 0 Å². The number of carbonyl (C=O) groups excluding carboxylic acids is 1. The van der Waals surface area contributed by atoms with Crippen molar-refractivity contribution in [2.45, 2.75) is 32.3 Å². The monoisotopic (exact) mass is 247 g/mol. The molecule has 6 nitrogen and oxygen atoms in total. The van der Waals surface area contributed by atoms with Gasteiger partial charge in [0.05, 0.1) is 19.1 Å². The van der Waals surface area contributed by atoms with E-state index < -0.39 is 12.1 Å². The van der Waals surface area contributed by atoms with E-state index in [4.69, 9.17) is 14.6 Å². The molecule has 0 bridgehead atoms. The average Bonchev–Trinajstić information content (AvgIpc) is 2.29. The molecule has 0 fully saturated rings. The van der Waals surface area contributed by atoms with Crippen molar-refractivity contribution >= 4 is 11.9 Å². The zero-order chi connectivity index (χ0) is 13.1. The Morgan fingerprint density at radius 1 is 1.35 bits per heavy atom. The van der Waals surface area contributed by atoms with Crippen LogP contribution in [0.1, 0.15) is 26.2 Å². The molecule has 0 aliphatic carbocycles. The average molecular weight is 247 g/mol. The van der Waals surface area contributed by atoms with Crippen molar-refractivity contribution in [3.05, 3.63) is 0 Å². The van der Waals surface area contributed by atoms with Gasteiger partial charge in [-0.25, -0.2) is 0 Å². The van der Waals surface area contributed by atoms with Gasteiger partial charge >= 0.3 is 5.97 Å². The van der Waals surface area contributed by atoms with Crippen LogP contribution < -0.4 is 5.32 Å². The number of rotatable bonds is 10. The van der Waals surface area contributed by atoms with E-state index >= 15 is 0 Å². The third-order valence-corrected chi connectivity index (χ3v) is 2.08. The van der Waals surface area contributed by atoms with E-state index in [2.05, 4.69) is 5.32 Å². The van der Waals surface area contributed by atoms with E-state index in [9.17, 15) is 9.59 Å². The summed E-state index contributed by atoms with van der Waals surface area (Å²) in [5.41, 5.74) is 0. The van der Waals surface area contributed by atoms with E-state index in [0.717, 1.165) is 6.42 Å². The highest BCUT2D eigenvalue weighted by molar-refractivity contribution is 5.76. The fourth-order valence-corrected chi connectivity index (χ4v) is 1.16. The first-order valence-corrected chi connectivity index (χ1v) is 5.69. The number of hydrogen-bond donors (Lipinski definition) is 2. The van der Waals surface area contributed by atoms with Gasteiger partial charge < -0.3 is 19.9 Å². The Labute approximate surface area is 101 Å². The summed E-state index contributed by atoms with van der Waals surface area (Å²) in [5.74, 6) is -1.11. The molecule has 0 aliphatic rings. The lowest BCUT2D eigenvalue weighted by Gasteiger charge is -2.13. The van der Waals surface area contributed by atoms with E-state index in [1.165, 1.54) is 7.11 Å². The SMILES string of the molecule is CCCOCCC(=O)NCC(CC(=O)O)OC. The lowest BCUT2D eigenvalue weighted by molar-refractivity contribution is -0.140. The minimum absolute atomic E-state index is 0.122. The molecule has 0 heterocycles. The van der Waals surface area contributed by atoms with Crippen molar-refractivity contribution in [2.24, 2.45) is 0 Å². The number of carboxylic acid groups (broad SMARTS) is 1. The summed E-state index contributed by atoms with van der Waals surface area (Å²) in [6, 6.07) is 0. The van der Waals surface area contributed by atoms with Crippen LogP contribution in [0.4, 0.5) is 0 Å². The Balaban J connectivity index is 3.62. The van der Waals surface area contributed by atoms with Crippen LogP contribution >= 0.6 is 0 Å². The topological polar surface area (TPSA) is 84.9 Å². The Bertz CT molecular complexity index is 232. The van der Waals surface area contributed by atoms with E-state index in [1.54, 1.807) is 0 Å². The highest BCUT2D eigenvalue weighted by atomic mass is 16.5. The summed E-state index contributed by atoms with van der Waals surface area (Å²) in [7, 11) is 1.42. The van der Waals surface area contributed by atoms with Crippen molar-refractivity contribution in [1.82, 2.24) is 5.32 Å². The van der Waals surface area contributed by atoms with Gasteiger partial charge in [-0.05, 0) is 6.42 Å². The fourth-order valence-electron chi connectivity index (χ4n) is 1.16. The molecule has 1 unspecified atom stereocenters. The second kappa shape index (κ2) is 10.0. The molecule has 0 aromatic heterocycles. The fraction of sp³-hybridized carbons (Fsp3) is 0.818. The zero-order valence-corrected chi connectivity index (χ0v) is 10.4. The number of carboxylic acids is 1. The molecule has 6 heteroatoms. The van der Waals surface area contributed by atoms with E-state index in [-0.39, 0.29) is 25.3 Å². The van der Waals surface area contributed by atoms with Crippen LogP contribution in [0.2, 0.25) is 0 Å². The summed E-state index contributed by atoms with van der Waals surface area (Å²) in [6.45, 7) is 3.23. The highest BCUT2D eigenvalue weighted by Gasteiger charge is 2.13. The molecule has 100 valence electrons. The highest BCUT2D eigenvalue weighted by Crippen LogP contribution is 1.96. The number of nitrogens with one attached hydrogen (secondary N) is 1. The minimum atomic E-state index is -0.947. The van der Waals surface area contributed by atoms with Gasteiger partial charge in [-0.1, -0.05) is 6.92 Å². The summed E-state index contributed by atoms with van der Waals surface area (Å²) >= 11 is 0. The lowest BCUT2D eigenvalue weighted by atomic mass is 10.2. The number of carbonyl (C=O) groups is 2. The van der Waals surface area contributed by atoms with Crippen LogP contribution in [0.3, 0.4) is 0 Å². The molecule has 0 rings (SSSR count). The second-order valence-electron chi connectivity index (χ2n) is 3.62. The standard InChI is InChI=1S/C11H21NO5/c1-3-5-17-6-4-10(13)12-8-9(16-2)7-11(14)15/h9H,3-8H2,1-2H3,(H,12,13)(H,14,15). The molecule has 2 N–H and O–H groups in total. The predicted octanol–water partition coefficient (Wildman–Crippen LogP) is 0.409. The third-order valence-electron chi connectivity index (χ3n) is 2.08. The maximum Gasteiger partial charge on any atom is 0.306 e. The molecule has 0 spiro atoms. The van der Waals surface area contributed by atoms with Crippen LogP contribution in [0.15, 0.2) is 0 Å². The first kappa shape index (κ1) is 15.9. The normalized spacial score (nSPS) is 12.1. The molecule has 0 radical (unpaired) electrons. The number of ether oxygens (including phenoxy) is 2. The van der Waals surface area contributed by atoms with Crippen molar-refractivity contribution in [1.29, 1.82) is 0 Å². The molecular formula is C11H21NO5. The van der Waals surface area contributed by atoms with Gasteiger partial charge in [0.2, 0.25) is 5.91 Å². The Morgan fingerprint density at radius 3 is 2.59 bits per heavy atom. The predicted molar refractivity (Wildman–Crippen MR) is 61.8 cm³/mol. The molecule has 0 aromatic carbocycles. The first-order valence-electron chi connectivity index (χ1n) is 5.69. The maximum atomic E-state index is 11.3. The summed E-state index contributed by atoms with van der Waals surface area (Å²) in [5, 5.41) is 11.2. The molecule has 1 amide bonds. The number of hydrogen-bond acceptors (Lipinski definition) is 4. The van der Waals surface area contributed by atoms with Crippen molar-refractivity contribution in [3.63, 3.8) is 0 Å². The number of amides is 1. The smallest absolute Gasteiger partial charge is 0.306 e. The van der Waals surface area contributed by atoms with Crippen LogP contribution in [-0.2, 0) is 19.1 Å². The van der Waals surface area contributed by atoms with Crippen LogP contribution in [0.25, 0.3) is 0 Å². The van der Waals surface area contributed by atoms with E-state index in [1.807, 2.05) is 6.92 Å². The first-order chi connectivity index (χ1) is 8.10. The minimum Gasteiger partial charge on any atom is -0.481 e. The van der Waals surface area contributed by atoms with Gasteiger partial charge in [-0.2, -0.15) is 0 Å². The maximum absolute atomic E-state index is 11.3. The Kier molecular flexibility index (Phi) is 9.37. The lowest BCUT2D eigenvalue weighted by Crippen LogP contribution is -2.34. The van der Waals surface area contributed by atoms with Gasteiger partial charge in [-0.15, -0.1) is 0 Å². The molecule has 0 saturated carbocycles. The van der Waals surface area contributed by atoms with Crippen LogP contribution in [0.5, 0.6) is 0 Å². The summed E-state index contributed by atoms with van der Waals surface area (Å²) < 4.78 is 10.1. The zero-order valence-electron chi connectivity index (χ0n) is 10.4. The molecule has 1 atom stereocenters. The van der Waals surface area contributed by atoms with Gasteiger partial charge in [0, 0.05) is 26.7 Å². The quantitative estimate of drug-likeness (QED) is 0.546. The summed E-state index contributed by atoms with van der Waals surface area (Å²) in [4.78, 5) is 21.8. The van der Waals surface area contributed by atoms with Crippen molar-refractivity contribution in [2.75, 3.05) is 26.9 Å². The molecule has 0 aliphatic heterocycles. The van der Waals surface area contributed by atoms with Crippen LogP contribution in [0, 0.1) is 0 Å².